The molecule has 0 radical (unpaired) electrons. The molecule has 3 aromatic carbocycles. The summed E-state index contributed by atoms with van der Waals surface area (Å²) in [6, 6.07) is 23.6. The first-order valence-corrected chi connectivity index (χ1v) is 10.1. The lowest BCUT2D eigenvalue weighted by Crippen LogP contribution is -2.25. The molecular weight excluding hydrogens is 380 g/mol. The number of phenolic OH excluding ortho intramolecular Hbond substituents is 1. The lowest BCUT2D eigenvalue weighted by atomic mass is 9.76. The number of aromatic hydroxyl groups is 1. The summed E-state index contributed by atoms with van der Waals surface area (Å²) >= 11 is 0. The summed E-state index contributed by atoms with van der Waals surface area (Å²) < 4.78 is 11.7. The van der Waals surface area contributed by atoms with Gasteiger partial charge in [0.25, 0.3) is 0 Å². The molecule has 154 valence electrons. The molecule has 1 aliphatic heterocycles. The summed E-state index contributed by atoms with van der Waals surface area (Å²) in [5, 5.41) is 18.6. The van der Waals surface area contributed by atoms with Crippen LogP contribution in [-0.4, -0.2) is 29.4 Å². The normalized spacial score (nSPS) is 17.6. The third-order valence-corrected chi connectivity index (χ3v) is 5.42. The van der Waals surface area contributed by atoms with Crippen LogP contribution in [0.3, 0.4) is 0 Å². The van der Waals surface area contributed by atoms with Gasteiger partial charge in [-0.1, -0.05) is 48.5 Å². The maximum absolute atomic E-state index is 10.6. The molecule has 4 rings (SSSR count). The Bertz CT molecular complexity index is 998. The lowest BCUT2D eigenvalue weighted by Gasteiger charge is -2.34. The van der Waals surface area contributed by atoms with Crippen molar-refractivity contribution >= 4 is 5.97 Å². The van der Waals surface area contributed by atoms with Crippen LogP contribution in [0.2, 0.25) is 0 Å². The van der Waals surface area contributed by atoms with Crippen molar-refractivity contribution in [3.63, 3.8) is 0 Å². The van der Waals surface area contributed by atoms with Gasteiger partial charge in [0.05, 0.1) is 13.2 Å². The van der Waals surface area contributed by atoms with Gasteiger partial charge >= 0.3 is 5.97 Å². The van der Waals surface area contributed by atoms with E-state index in [9.17, 15) is 9.90 Å². The van der Waals surface area contributed by atoms with Crippen molar-refractivity contribution in [3.8, 4) is 17.2 Å². The number of carbonyl (C=O) groups is 1. The molecule has 0 bridgehead atoms. The molecule has 2 N–H and O–H groups in total. The average Bonchev–Trinajstić information content (AvgIpc) is 2.77. The Kier molecular flexibility index (Phi) is 5.89. The van der Waals surface area contributed by atoms with Gasteiger partial charge in [0.15, 0.2) is 0 Å². The van der Waals surface area contributed by atoms with Crippen molar-refractivity contribution in [2.24, 2.45) is 0 Å². The molecule has 1 aliphatic rings. The molecule has 30 heavy (non-hydrogen) atoms. The number of phenols is 1. The van der Waals surface area contributed by atoms with Crippen LogP contribution in [0.4, 0.5) is 0 Å². The highest BCUT2D eigenvalue weighted by molar-refractivity contribution is 5.66. The van der Waals surface area contributed by atoms with Crippen LogP contribution >= 0.6 is 0 Å². The number of hydrogen-bond donors (Lipinski definition) is 2. The molecule has 0 saturated carbocycles. The Hall–Kier alpha value is -3.47. The standard InChI is InChI=1S/C25H24O5/c26-19-10-13-21-23(15-19)30-16-22(17-5-2-1-3-6-17)25(21)18-8-11-20(12-9-18)29-14-4-7-24(27)28/h1-3,5-6,8-13,15,22,25-26H,4,7,14,16H2,(H,27,28)/t22-,25-/m0/s1. The molecule has 0 unspecified atom stereocenters. The SMILES string of the molecule is O=C(O)CCCOc1ccc([C@H]2c3ccc(O)cc3OC[C@H]2c2ccccc2)cc1. The monoisotopic (exact) mass is 404 g/mol. The maximum atomic E-state index is 10.6. The number of carboxylic acids is 1. The molecule has 3 aromatic rings. The number of hydrogen-bond acceptors (Lipinski definition) is 4. The summed E-state index contributed by atoms with van der Waals surface area (Å²) in [5.74, 6) is 1.03. The highest BCUT2D eigenvalue weighted by Gasteiger charge is 2.33. The predicted octanol–water partition coefficient (Wildman–Crippen LogP) is 4.94. The number of benzene rings is 3. The molecule has 0 fully saturated rings. The Balaban J connectivity index is 1.61. The van der Waals surface area contributed by atoms with Gasteiger partial charge in [-0.05, 0) is 35.7 Å². The van der Waals surface area contributed by atoms with Crippen LogP contribution in [0.25, 0.3) is 0 Å². The van der Waals surface area contributed by atoms with Crippen molar-refractivity contribution in [1.82, 2.24) is 0 Å². The number of aliphatic carboxylic acids is 1. The number of rotatable bonds is 7. The molecule has 0 amide bonds. The average molecular weight is 404 g/mol. The fourth-order valence-corrected chi connectivity index (χ4v) is 3.98. The van der Waals surface area contributed by atoms with E-state index in [1.165, 1.54) is 5.56 Å². The van der Waals surface area contributed by atoms with Gasteiger partial charge in [0, 0.05) is 29.9 Å². The van der Waals surface area contributed by atoms with Gasteiger partial charge in [-0.15, -0.1) is 0 Å². The van der Waals surface area contributed by atoms with Gasteiger partial charge in [-0.2, -0.15) is 0 Å². The molecule has 5 heteroatoms. The molecule has 0 aliphatic carbocycles. The largest absolute Gasteiger partial charge is 0.508 e. The van der Waals surface area contributed by atoms with E-state index in [2.05, 4.69) is 24.3 Å². The van der Waals surface area contributed by atoms with Crippen molar-refractivity contribution in [2.45, 2.75) is 24.7 Å². The van der Waals surface area contributed by atoms with E-state index in [0.29, 0.717) is 25.4 Å². The van der Waals surface area contributed by atoms with Crippen LogP contribution in [0.1, 0.15) is 41.4 Å². The van der Waals surface area contributed by atoms with E-state index in [1.54, 1.807) is 12.1 Å². The fourth-order valence-electron chi connectivity index (χ4n) is 3.98. The molecule has 0 saturated heterocycles. The van der Waals surface area contributed by atoms with Crippen LogP contribution < -0.4 is 9.47 Å². The minimum atomic E-state index is -0.815. The topological polar surface area (TPSA) is 76.0 Å². The van der Waals surface area contributed by atoms with Crippen LogP contribution in [-0.2, 0) is 4.79 Å². The van der Waals surface area contributed by atoms with E-state index in [4.69, 9.17) is 14.6 Å². The minimum absolute atomic E-state index is 0.0813. The highest BCUT2D eigenvalue weighted by atomic mass is 16.5. The minimum Gasteiger partial charge on any atom is -0.508 e. The number of ether oxygens (including phenoxy) is 2. The summed E-state index contributed by atoms with van der Waals surface area (Å²) in [6.07, 6.45) is 0.576. The first kappa shape index (κ1) is 19.8. The second-order valence-corrected chi connectivity index (χ2v) is 7.44. The highest BCUT2D eigenvalue weighted by Crippen LogP contribution is 2.47. The van der Waals surface area contributed by atoms with Crippen molar-refractivity contribution in [1.29, 1.82) is 0 Å². The van der Waals surface area contributed by atoms with Gasteiger partial charge < -0.3 is 19.7 Å². The van der Waals surface area contributed by atoms with Crippen LogP contribution in [0.5, 0.6) is 17.2 Å². The summed E-state index contributed by atoms with van der Waals surface area (Å²) in [6.45, 7) is 0.899. The molecule has 2 atom stereocenters. The van der Waals surface area contributed by atoms with Crippen molar-refractivity contribution in [3.05, 3.63) is 89.5 Å². The van der Waals surface area contributed by atoms with Crippen LogP contribution in [0.15, 0.2) is 72.8 Å². The van der Waals surface area contributed by atoms with Gasteiger partial charge in [0.1, 0.15) is 17.2 Å². The Morgan fingerprint density at radius 3 is 2.50 bits per heavy atom. The Morgan fingerprint density at radius 1 is 1.00 bits per heavy atom. The maximum Gasteiger partial charge on any atom is 0.303 e. The Labute approximate surface area is 175 Å². The van der Waals surface area contributed by atoms with E-state index in [0.717, 1.165) is 16.9 Å². The molecule has 1 heterocycles. The zero-order valence-electron chi connectivity index (χ0n) is 16.5. The second kappa shape index (κ2) is 8.91. The number of carboxylic acid groups (broad SMARTS) is 1. The van der Waals surface area contributed by atoms with E-state index >= 15 is 0 Å². The molecular formula is C25H24O5. The lowest BCUT2D eigenvalue weighted by molar-refractivity contribution is -0.137. The fraction of sp³-hybridized carbons (Fsp3) is 0.240. The zero-order valence-corrected chi connectivity index (χ0v) is 16.5. The first-order chi connectivity index (χ1) is 14.6. The number of fused-ring (bicyclic) bond motifs is 1. The van der Waals surface area contributed by atoms with Gasteiger partial charge in [-0.3, -0.25) is 4.79 Å². The first-order valence-electron chi connectivity index (χ1n) is 10.1. The zero-order chi connectivity index (χ0) is 20.9. The smallest absolute Gasteiger partial charge is 0.303 e. The summed E-state index contributed by atoms with van der Waals surface area (Å²) in [5.41, 5.74) is 3.38. The third kappa shape index (κ3) is 4.40. The van der Waals surface area contributed by atoms with Gasteiger partial charge in [-0.25, -0.2) is 0 Å². The predicted molar refractivity (Wildman–Crippen MR) is 113 cm³/mol. The van der Waals surface area contributed by atoms with E-state index in [1.807, 2.05) is 36.4 Å². The van der Waals surface area contributed by atoms with Crippen LogP contribution in [0, 0.1) is 0 Å². The summed E-state index contributed by atoms with van der Waals surface area (Å²) in [7, 11) is 0. The van der Waals surface area contributed by atoms with E-state index < -0.39 is 5.97 Å². The van der Waals surface area contributed by atoms with E-state index in [-0.39, 0.29) is 24.0 Å². The molecule has 0 spiro atoms. The van der Waals surface area contributed by atoms with Crippen molar-refractivity contribution < 1.29 is 24.5 Å². The molecule has 5 nitrogen and oxygen atoms in total. The third-order valence-electron chi connectivity index (χ3n) is 5.42. The Morgan fingerprint density at radius 2 is 1.77 bits per heavy atom. The van der Waals surface area contributed by atoms with Crippen molar-refractivity contribution in [2.75, 3.05) is 13.2 Å². The quantitative estimate of drug-likeness (QED) is 0.545. The van der Waals surface area contributed by atoms with Gasteiger partial charge in [0.2, 0.25) is 0 Å². The molecule has 0 aromatic heterocycles. The summed E-state index contributed by atoms with van der Waals surface area (Å²) in [4.78, 5) is 10.6. The second-order valence-electron chi connectivity index (χ2n) is 7.44.